The van der Waals surface area contributed by atoms with E-state index < -0.39 is 34.6 Å². The Labute approximate surface area is 227 Å². The zero-order valence-corrected chi connectivity index (χ0v) is 21.0. The van der Waals surface area contributed by atoms with Gasteiger partial charge in [-0.05, 0) is 42.5 Å². The fraction of sp³-hybridized carbons (Fsp3) is 0.0667. The maximum Gasteiger partial charge on any atom is 0.339 e. The van der Waals surface area contributed by atoms with E-state index in [9.17, 15) is 29.3 Å². The number of non-ortho nitro benzene ring substituents is 1. The number of hydrogen-bond acceptors (Lipinski definition) is 8. The van der Waals surface area contributed by atoms with Crippen LogP contribution < -0.4 is 9.64 Å². The topological polar surface area (TPSA) is 133 Å². The van der Waals surface area contributed by atoms with Crippen LogP contribution in [0.15, 0.2) is 97.1 Å². The molecule has 0 saturated carbocycles. The van der Waals surface area contributed by atoms with Gasteiger partial charge < -0.3 is 9.47 Å². The quantitative estimate of drug-likeness (QED) is 0.0988. The van der Waals surface area contributed by atoms with Gasteiger partial charge in [0.05, 0.1) is 34.4 Å². The largest absolute Gasteiger partial charge is 0.495 e. The zero-order chi connectivity index (χ0) is 28.4. The molecule has 2 amide bonds. The summed E-state index contributed by atoms with van der Waals surface area (Å²) >= 11 is 0. The Morgan fingerprint density at radius 2 is 1.45 bits per heavy atom. The molecule has 0 saturated heterocycles. The maximum atomic E-state index is 13.3. The van der Waals surface area contributed by atoms with Gasteiger partial charge in [0.15, 0.2) is 6.10 Å². The Balaban J connectivity index is 1.46. The van der Waals surface area contributed by atoms with Gasteiger partial charge in [0.25, 0.3) is 17.5 Å². The number of esters is 1. The van der Waals surface area contributed by atoms with Gasteiger partial charge in [-0.1, -0.05) is 42.5 Å². The molecule has 0 bridgehead atoms. The van der Waals surface area contributed by atoms with Crippen molar-refractivity contribution in [2.75, 3.05) is 12.0 Å². The Hall–Kier alpha value is -5.64. The van der Waals surface area contributed by atoms with E-state index in [0.717, 1.165) is 4.90 Å². The Kier molecular flexibility index (Phi) is 6.90. The number of carbonyl (C=O) groups excluding carboxylic acids is 4. The molecule has 0 N–H and O–H groups in total. The molecule has 1 heterocycles. The fourth-order valence-corrected chi connectivity index (χ4v) is 4.37. The van der Waals surface area contributed by atoms with Gasteiger partial charge in [-0.3, -0.25) is 24.5 Å². The van der Waals surface area contributed by atoms with Crippen molar-refractivity contribution in [3.8, 4) is 5.75 Å². The van der Waals surface area contributed by atoms with Crippen molar-refractivity contribution >= 4 is 34.9 Å². The number of nitrogens with zero attached hydrogens (tertiary/aromatic N) is 2. The normalized spacial score (nSPS) is 13.0. The number of benzene rings is 4. The summed E-state index contributed by atoms with van der Waals surface area (Å²) in [6.45, 7) is 0. The van der Waals surface area contributed by atoms with E-state index in [4.69, 9.17) is 9.47 Å². The highest BCUT2D eigenvalue weighted by atomic mass is 16.6. The molecule has 40 heavy (non-hydrogen) atoms. The molecule has 0 spiro atoms. The standard InChI is InChI=1S/C30H20N2O8/c1-39-25-10-6-5-9-24(25)31-28(34)22-16-13-20(17-23(22)29(31)35)30(36)40-27(26(33)18-7-3-2-4-8-18)19-11-14-21(15-12-19)32(37)38/h2-17,27H,1H3/t27-/m1/s1. The summed E-state index contributed by atoms with van der Waals surface area (Å²) in [4.78, 5) is 64.4. The fourth-order valence-electron chi connectivity index (χ4n) is 4.37. The van der Waals surface area contributed by atoms with E-state index >= 15 is 0 Å². The lowest BCUT2D eigenvalue weighted by atomic mass is 9.99. The van der Waals surface area contributed by atoms with Crippen LogP contribution in [0.25, 0.3) is 0 Å². The summed E-state index contributed by atoms with van der Waals surface area (Å²) < 4.78 is 10.9. The molecule has 10 heteroatoms. The second-order valence-electron chi connectivity index (χ2n) is 8.74. The number of Topliss-reactive ketones (excluding diaryl/α,β-unsaturated/α-hetero) is 1. The summed E-state index contributed by atoms with van der Waals surface area (Å²) in [5.74, 6) is -2.37. The predicted molar refractivity (Wildman–Crippen MR) is 143 cm³/mol. The lowest BCUT2D eigenvalue weighted by Crippen LogP contribution is -2.29. The number of carbonyl (C=O) groups is 4. The van der Waals surface area contributed by atoms with Crippen molar-refractivity contribution in [1.82, 2.24) is 0 Å². The summed E-state index contributed by atoms with van der Waals surface area (Å²) in [5, 5.41) is 11.1. The number of nitro benzene ring substituents is 1. The molecule has 0 fully saturated rings. The monoisotopic (exact) mass is 536 g/mol. The highest BCUT2D eigenvalue weighted by Crippen LogP contribution is 2.35. The summed E-state index contributed by atoms with van der Waals surface area (Å²) in [5.41, 5.74) is 0.582. The minimum absolute atomic E-state index is 0.00775. The molecule has 0 aliphatic carbocycles. The maximum absolute atomic E-state index is 13.3. The first-order valence-corrected chi connectivity index (χ1v) is 12.0. The molecule has 10 nitrogen and oxygen atoms in total. The minimum atomic E-state index is -1.42. The molecular formula is C30H20N2O8. The molecule has 1 aliphatic rings. The van der Waals surface area contributed by atoms with Gasteiger partial charge >= 0.3 is 5.97 Å². The second-order valence-corrected chi connectivity index (χ2v) is 8.74. The van der Waals surface area contributed by atoms with Crippen molar-refractivity contribution in [1.29, 1.82) is 0 Å². The number of para-hydroxylation sites is 2. The third-order valence-electron chi connectivity index (χ3n) is 6.38. The second kappa shape index (κ2) is 10.6. The van der Waals surface area contributed by atoms with E-state index in [-0.39, 0.29) is 39.2 Å². The average Bonchev–Trinajstić information content (AvgIpc) is 3.24. The number of ether oxygens (including phenoxy) is 2. The number of hydrogen-bond donors (Lipinski definition) is 0. The first-order chi connectivity index (χ1) is 19.3. The number of methoxy groups -OCH3 is 1. The average molecular weight is 536 g/mol. The molecule has 1 atom stereocenters. The van der Waals surface area contributed by atoms with Crippen molar-refractivity contribution in [3.05, 3.63) is 135 Å². The van der Waals surface area contributed by atoms with E-state index in [0.29, 0.717) is 5.75 Å². The zero-order valence-electron chi connectivity index (χ0n) is 21.0. The van der Waals surface area contributed by atoms with Crippen LogP contribution in [0.2, 0.25) is 0 Å². The number of rotatable bonds is 8. The van der Waals surface area contributed by atoms with E-state index in [1.54, 1.807) is 54.6 Å². The van der Waals surface area contributed by atoms with Gasteiger partial charge in [0, 0.05) is 23.3 Å². The highest BCUT2D eigenvalue weighted by molar-refractivity contribution is 6.35. The number of imide groups is 1. The molecule has 4 aromatic rings. The smallest absolute Gasteiger partial charge is 0.339 e. The van der Waals surface area contributed by atoms with Crippen LogP contribution in [0.4, 0.5) is 11.4 Å². The molecule has 5 rings (SSSR count). The van der Waals surface area contributed by atoms with E-state index in [1.165, 1.54) is 49.6 Å². The molecule has 4 aromatic carbocycles. The molecule has 0 radical (unpaired) electrons. The molecule has 198 valence electrons. The number of amides is 2. The highest BCUT2D eigenvalue weighted by Gasteiger charge is 2.39. The number of fused-ring (bicyclic) bond motifs is 1. The van der Waals surface area contributed by atoms with Gasteiger partial charge in [-0.2, -0.15) is 0 Å². The van der Waals surface area contributed by atoms with Crippen LogP contribution in [-0.4, -0.2) is 35.6 Å². The first kappa shape index (κ1) is 26.0. The van der Waals surface area contributed by atoms with Gasteiger partial charge in [0.2, 0.25) is 5.78 Å². The SMILES string of the molecule is COc1ccccc1N1C(=O)c2ccc(C(=O)O[C@@H](C(=O)c3ccccc3)c3ccc([N+](=O)[O-])cc3)cc2C1=O. The van der Waals surface area contributed by atoms with Gasteiger partial charge in [0.1, 0.15) is 5.75 Å². The Morgan fingerprint density at radius 1 is 0.800 bits per heavy atom. The van der Waals surface area contributed by atoms with Crippen LogP contribution >= 0.6 is 0 Å². The van der Waals surface area contributed by atoms with Crippen molar-refractivity contribution in [2.45, 2.75) is 6.10 Å². The lowest BCUT2D eigenvalue weighted by molar-refractivity contribution is -0.384. The third-order valence-corrected chi connectivity index (χ3v) is 6.38. The number of ketones is 1. The molecule has 0 unspecified atom stereocenters. The van der Waals surface area contributed by atoms with Crippen LogP contribution in [0.5, 0.6) is 5.75 Å². The first-order valence-electron chi connectivity index (χ1n) is 12.0. The summed E-state index contributed by atoms with van der Waals surface area (Å²) in [6.07, 6.45) is -1.42. The van der Waals surface area contributed by atoms with Gasteiger partial charge in [-0.15, -0.1) is 0 Å². The van der Waals surface area contributed by atoms with Crippen LogP contribution in [0.1, 0.15) is 53.1 Å². The lowest BCUT2D eigenvalue weighted by Gasteiger charge is -2.18. The van der Waals surface area contributed by atoms with E-state index in [1.807, 2.05) is 0 Å². The van der Waals surface area contributed by atoms with Crippen molar-refractivity contribution in [3.63, 3.8) is 0 Å². The molecule has 0 aromatic heterocycles. The summed E-state index contributed by atoms with van der Waals surface area (Å²) in [7, 11) is 1.42. The summed E-state index contributed by atoms with van der Waals surface area (Å²) in [6, 6.07) is 23.7. The predicted octanol–water partition coefficient (Wildman–Crippen LogP) is 5.19. The van der Waals surface area contributed by atoms with Crippen LogP contribution in [0.3, 0.4) is 0 Å². The number of anilines is 1. The van der Waals surface area contributed by atoms with Crippen molar-refractivity contribution < 1.29 is 33.6 Å². The molecule has 1 aliphatic heterocycles. The third kappa shape index (κ3) is 4.69. The van der Waals surface area contributed by atoms with E-state index in [2.05, 4.69) is 0 Å². The van der Waals surface area contributed by atoms with Gasteiger partial charge in [-0.25, -0.2) is 9.69 Å². The molecular weight excluding hydrogens is 516 g/mol. The van der Waals surface area contributed by atoms with Crippen molar-refractivity contribution in [2.24, 2.45) is 0 Å². The number of nitro groups is 1. The van der Waals surface area contributed by atoms with Crippen LogP contribution in [0, 0.1) is 10.1 Å². The Bertz CT molecular complexity index is 1670. The minimum Gasteiger partial charge on any atom is -0.495 e. The Morgan fingerprint density at radius 3 is 2.12 bits per heavy atom. The van der Waals surface area contributed by atoms with Crippen LogP contribution in [-0.2, 0) is 4.74 Å².